The van der Waals surface area contributed by atoms with Crippen LogP contribution in [0.4, 0.5) is 0 Å². The second-order valence-electron chi connectivity index (χ2n) is 5.32. The SMILES string of the molecule is O=C(COc1ccc(Cl)c2cccnc12)NCCc1ccccc1. The lowest BCUT2D eigenvalue weighted by Gasteiger charge is -2.10. The van der Waals surface area contributed by atoms with Crippen molar-refractivity contribution < 1.29 is 9.53 Å². The molecule has 0 atom stereocenters. The third kappa shape index (κ3) is 4.03. The maximum Gasteiger partial charge on any atom is 0.257 e. The van der Waals surface area contributed by atoms with Crippen LogP contribution in [0.2, 0.25) is 5.02 Å². The molecule has 0 radical (unpaired) electrons. The number of nitrogens with zero attached hydrogens (tertiary/aromatic N) is 1. The number of aromatic nitrogens is 1. The van der Waals surface area contributed by atoms with Gasteiger partial charge in [0.15, 0.2) is 6.61 Å². The zero-order valence-corrected chi connectivity index (χ0v) is 13.8. The summed E-state index contributed by atoms with van der Waals surface area (Å²) < 4.78 is 5.61. The minimum absolute atomic E-state index is 0.0535. The first-order valence-electron chi connectivity index (χ1n) is 7.71. The normalized spacial score (nSPS) is 10.5. The molecule has 122 valence electrons. The van der Waals surface area contributed by atoms with Crippen LogP contribution < -0.4 is 10.1 Å². The van der Waals surface area contributed by atoms with Crippen molar-refractivity contribution in [2.24, 2.45) is 0 Å². The molecule has 4 nitrogen and oxygen atoms in total. The van der Waals surface area contributed by atoms with Gasteiger partial charge in [0.1, 0.15) is 11.3 Å². The van der Waals surface area contributed by atoms with Crippen molar-refractivity contribution in [3.8, 4) is 5.75 Å². The Kier molecular flexibility index (Phi) is 5.29. The number of nitrogens with one attached hydrogen (secondary N) is 1. The standard InChI is InChI=1S/C19H17ClN2O2/c20-16-8-9-17(19-15(16)7-4-11-22-19)24-13-18(23)21-12-10-14-5-2-1-3-6-14/h1-9,11H,10,12-13H2,(H,21,23). The van der Waals surface area contributed by atoms with Gasteiger partial charge in [-0.2, -0.15) is 0 Å². The van der Waals surface area contributed by atoms with Crippen molar-refractivity contribution in [2.75, 3.05) is 13.2 Å². The zero-order valence-electron chi connectivity index (χ0n) is 13.0. The Morgan fingerprint density at radius 1 is 1.08 bits per heavy atom. The number of fused-ring (bicyclic) bond motifs is 1. The molecule has 5 heteroatoms. The van der Waals surface area contributed by atoms with Gasteiger partial charge in [-0.1, -0.05) is 41.9 Å². The minimum Gasteiger partial charge on any atom is -0.481 e. The topological polar surface area (TPSA) is 51.2 Å². The van der Waals surface area contributed by atoms with Crippen molar-refractivity contribution in [1.29, 1.82) is 0 Å². The van der Waals surface area contributed by atoms with E-state index in [1.807, 2.05) is 42.5 Å². The summed E-state index contributed by atoms with van der Waals surface area (Å²) in [6.45, 7) is 0.522. The third-order valence-corrected chi connectivity index (χ3v) is 3.95. The molecule has 1 aromatic heterocycles. The van der Waals surface area contributed by atoms with E-state index in [1.54, 1.807) is 18.3 Å². The number of benzene rings is 2. The highest BCUT2D eigenvalue weighted by molar-refractivity contribution is 6.35. The molecule has 0 spiro atoms. The number of halogens is 1. The maximum atomic E-state index is 11.9. The van der Waals surface area contributed by atoms with Crippen molar-refractivity contribution in [2.45, 2.75) is 6.42 Å². The van der Waals surface area contributed by atoms with Gasteiger partial charge in [-0.15, -0.1) is 0 Å². The summed E-state index contributed by atoms with van der Waals surface area (Å²) in [5, 5.41) is 4.27. The van der Waals surface area contributed by atoms with Crippen LogP contribution in [0.5, 0.6) is 5.75 Å². The third-order valence-electron chi connectivity index (χ3n) is 3.62. The fourth-order valence-electron chi connectivity index (χ4n) is 2.41. The van der Waals surface area contributed by atoms with E-state index in [2.05, 4.69) is 10.3 Å². The van der Waals surface area contributed by atoms with E-state index in [1.165, 1.54) is 5.56 Å². The molecule has 1 amide bonds. The minimum atomic E-state index is -0.162. The summed E-state index contributed by atoms with van der Waals surface area (Å²) in [6.07, 6.45) is 2.46. The van der Waals surface area contributed by atoms with Crippen LogP contribution in [0.3, 0.4) is 0 Å². The smallest absolute Gasteiger partial charge is 0.257 e. The summed E-state index contributed by atoms with van der Waals surface area (Å²) in [5.41, 5.74) is 1.84. The molecule has 0 bridgehead atoms. The second kappa shape index (κ2) is 7.79. The molecule has 0 fully saturated rings. The average molecular weight is 341 g/mol. The Hall–Kier alpha value is -2.59. The van der Waals surface area contributed by atoms with Crippen LogP contribution in [0, 0.1) is 0 Å². The van der Waals surface area contributed by atoms with Crippen LogP contribution in [-0.2, 0) is 11.2 Å². The van der Waals surface area contributed by atoms with Gasteiger partial charge in [0.2, 0.25) is 0 Å². The molecule has 3 aromatic rings. The second-order valence-corrected chi connectivity index (χ2v) is 5.73. The monoisotopic (exact) mass is 340 g/mol. The molecular weight excluding hydrogens is 324 g/mol. The number of ether oxygens (including phenoxy) is 1. The highest BCUT2D eigenvalue weighted by Gasteiger charge is 2.09. The van der Waals surface area contributed by atoms with Gasteiger partial charge in [-0.25, -0.2) is 0 Å². The molecule has 24 heavy (non-hydrogen) atoms. The van der Waals surface area contributed by atoms with E-state index in [-0.39, 0.29) is 12.5 Å². The molecule has 3 rings (SSSR count). The maximum absolute atomic E-state index is 11.9. The zero-order chi connectivity index (χ0) is 16.8. The number of carbonyl (C=O) groups excluding carboxylic acids is 1. The predicted octanol–water partition coefficient (Wildman–Crippen LogP) is 3.63. The first kappa shape index (κ1) is 16.3. The largest absolute Gasteiger partial charge is 0.481 e. The molecule has 0 saturated carbocycles. The lowest BCUT2D eigenvalue weighted by atomic mass is 10.1. The summed E-state index contributed by atoms with van der Waals surface area (Å²) in [7, 11) is 0. The summed E-state index contributed by atoms with van der Waals surface area (Å²) >= 11 is 6.14. The van der Waals surface area contributed by atoms with Crippen LogP contribution in [0.1, 0.15) is 5.56 Å². The van der Waals surface area contributed by atoms with E-state index < -0.39 is 0 Å². The first-order chi connectivity index (χ1) is 11.7. The fraction of sp³-hybridized carbons (Fsp3) is 0.158. The van der Waals surface area contributed by atoms with Crippen molar-refractivity contribution in [3.05, 3.63) is 71.4 Å². The molecule has 0 aliphatic rings. The van der Waals surface area contributed by atoms with Gasteiger partial charge in [0, 0.05) is 18.1 Å². The fourth-order valence-corrected chi connectivity index (χ4v) is 2.63. The Morgan fingerprint density at radius 3 is 2.75 bits per heavy atom. The number of rotatable bonds is 6. The van der Waals surface area contributed by atoms with Gasteiger partial charge < -0.3 is 10.1 Å². The summed E-state index contributed by atoms with van der Waals surface area (Å²) in [4.78, 5) is 16.2. The number of amides is 1. The van der Waals surface area contributed by atoms with Crippen molar-refractivity contribution >= 4 is 28.4 Å². The van der Waals surface area contributed by atoms with Gasteiger partial charge in [0.25, 0.3) is 5.91 Å². The highest BCUT2D eigenvalue weighted by Crippen LogP contribution is 2.29. The first-order valence-corrected chi connectivity index (χ1v) is 8.08. The number of hydrogen-bond donors (Lipinski definition) is 1. The predicted molar refractivity (Wildman–Crippen MR) is 95.4 cm³/mol. The van der Waals surface area contributed by atoms with Gasteiger partial charge in [0.05, 0.1) is 5.02 Å². The molecule has 2 aromatic carbocycles. The lowest BCUT2D eigenvalue weighted by molar-refractivity contribution is -0.123. The quantitative estimate of drug-likeness (QED) is 0.745. The number of carbonyl (C=O) groups is 1. The van der Waals surface area contributed by atoms with Gasteiger partial charge in [-0.3, -0.25) is 9.78 Å². The molecule has 0 saturated heterocycles. The van der Waals surface area contributed by atoms with E-state index in [4.69, 9.17) is 16.3 Å². The molecule has 1 heterocycles. The summed E-state index contributed by atoms with van der Waals surface area (Å²) in [5.74, 6) is 0.387. The van der Waals surface area contributed by atoms with E-state index in [0.717, 1.165) is 11.8 Å². The average Bonchev–Trinajstić information content (AvgIpc) is 2.62. The van der Waals surface area contributed by atoms with Crippen molar-refractivity contribution in [1.82, 2.24) is 10.3 Å². The molecule has 0 unspecified atom stereocenters. The molecule has 0 aliphatic heterocycles. The van der Waals surface area contributed by atoms with E-state index in [9.17, 15) is 4.79 Å². The van der Waals surface area contributed by atoms with E-state index in [0.29, 0.717) is 22.8 Å². The summed E-state index contributed by atoms with van der Waals surface area (Å²) in [6, 6.07) is 17.2. The Morgan fingerprint density at radius 2 is 1.92 bits per heavy atom. The highest BCUT2D eigenvalue weighted by atomic mass is 35.5. The molecular formula is C19H17ClN2O2. The number of pyridine rings is 1. The van der Waals surface area contributed by atoms with Crippen molar-refractivity contribution in [3.63, 3.8) is 0 Å². The van der Waals surface area contributed by atoms with Gasteiger partial charge in [-0.05, 0) is 36.2 Å². The van der Waals surface area contributed by atoms with Crippen LogP contribution in [0.25, 0.3) is 10.9 Å². The number of hydrogen-bond acceptors (Lipinski definition) is 3. The molecule has 1 N–H and O–H groups in total. The Labute approximate surface area is 145 Å². The molecule has 0 aliphatic carbocycles. The van der Waals surface area contributed by atoms with Crippen LogP contribution in [-0.4, -0.2) is 24.0 Å². The van der Waals surface area contributed by atoms with Crippen LogP contribution >= 0.6 is 11.6 Å². The Balaban J connectivity index is 1.54. The van der Waals surface area contributed by atoms with Crippen LogP contribution in [0.15, 0.2) is 60.8 Å². The van der Waals surface area contributed by atoms with E-state index >= 15 is 0 Å². The van der Waals surface area contributed by atoms with Gasteiger partial charge >= 0.3 is 0 Å². The Bertz CT molecular complexity index is 837. The lowest BCUT2D eigenvalue weighted by Crippen LogP contribution is -2.30.